The monoisotopic (exact) mass is 250 g/mol. The molecular formula is C16H26O2. The number of carbonyl (C=O) groups is 1. The smallest absolute Gasteiger partial charge is 0.303 e. The van der Waals surface area contributed by atoms with Crippen LogP contribution in [0.2, 0.25) is 0 Å². The Morgan fingerprint density at radius 3 is 2.72 bits per heavy atom. The van der Waals surface area contributed by atoms with Crippen molar-refractivity contribution in [3.8, 4) is 0 Å². The van der Waals surface area contributed by atoms with Crippen LogP contribution in [0.15, 0.2) is 12.2 Å². The number of fused-ring (bicyclic) bond motifs is 1. The molecule has 0 radical (unpaired) electrons. The Bertz CT molecular complexity index is 373. The van der Waals surface area contributed by atoms with Crippen molar-refractivity contribution in [2.75, 3.05) is 0 Å². The summed E-state index contributed by atoms with van der Waals surface area (Å²) in [5.41, 5.74) is 1.47. The Balaban J connectivity index is 2.37. The van der Waals surface area contributed by atoms with Crippen LogP contribution in [0.3, 0.4) is 0 Å². The van der Waals surface area contributed by atoms with E-state index in [-0.39, 0.29) is 10.8 Å². The zero-order valence-electron chi connectivity index (χ0n) is 12.0. The molecule has 2 saturated carbocycles. The Morgan fingerprint density at radius 2 is 2.11 bits per heavy atom. The fraction of sp³-hybridized carbons (Fsp3) is 0.812. The van der Waals surface area contributed by atoms with Gasteiger partial charge in [0.2, 0.25) is 0 Å². The van der Waals surface area contributed by atoms with Crippen molar-refractivity contribution in [2.45, 2.75) is 59.3 Å². The van der Waals surface area contributed by atoms with Gasteiger partial charge < -0.3 is 5.11 Å². The maximum Gasteiger partial charge on any atom is 0.303 e. The van der Waals surface area contributed by atoms with Crippen molar-refractivity contribution >= 4 is 5.97 Å². The molecule has 0 spiro atoms. The lowest BCUT2D eigenvalue weighted by molar-refractivity contribution is -0.146. The van der Waals surface area contributed by atoms with E-state index in [2.05, 4.69) is 27.4 Å². The standard InChI is InChI=1S/C16H26O2/c1-11-6-5-7-13-15(11,3)9-8-12(2)16(13,4)10-14(17)18/h12-13H,1,5-10H2,2-4H3,(H,17,18). The van der Waals surface area contributed by atoms with E-state index >= 15 is 0 Å². The molecule has 102 valence electrons. The fourth-order valence-electron chi connectivity index (χ4n) is 4.59. The maximum atomic E-state index is 11.3. The van der Waals surface area contributed by atoms with Crippen LogP contribution in [-0.2, 0) is 4.79 Å². The second-order valence-electron chi connectivity index (χ2n) is 6.98. The van der Waals surface area contributed by atoms with Crippen LogP contribution in [0.1, 0.15) is 59.3 Å². The van der Waals surface area contributed by atoms with Gasteiger partial charge in [-0.1, -0.05) is 32.9 Å². The van der Waals surface area contributed by atoms with Crippen LogP contribution < -0.4 is 0 Å². The molecule has 1 N–H and O–H groups in total. The average molecular weight is 250 g/mol. The molecule has 2 rings (SSSR count). The Hall–Kier alpha value is -0.790. The number of hydrogen-bond donors (Lipinski definition) is 1. The largest absolute Gasteiger partial charge is 0.481 e. The molecule has 4 unspecified atom stereocenters. The molecule has 2 heteroatoms. The van der Waals surface area contributed by atoms with Crippen molar-refractivity contribution in [1.82, 2.24) is 0 Å². The lowest BCUT2D eigenvalue weighted by atomic mass is 9.46. The molecule has 0 aliphatic heterocycles. The van der Waals surface area contributed by atoms with Gasteiger partial charge in [-0.25, -0.2) is 0 Å². The van der Waals surface area contributed by atoms with Crippen LogP contribution in [0.25, 0.3) is 0 Å². The molecule has 4 atom stereocenters. The summed E-state index contributed by atoms with van der Waals surface area (Å²) < 4.78 is 0. The minimum atomic E-state index is -0.648. The molecule has 2 nitrogen and oxygen atoms in total. The number of rotatable bonds is 2. The third kappa shape index (κ3) is 1.90. The van der Waals surface area contributed by atoms with Gasteiger partial charge >= 0.3 is 5.97 Å². The summed E-state index contributed by atoms with van der Waals surface area (Å²) in [5.74, 6) is 0.341. The van der Waals surface area contributed by atoms with Crippen molar-refractivity contribution < 1.29 is 9.90 Å². The topological polar surface area (TPSA) is 37.3 Å². The molecule has 0 heterocycles. The van der Waals surface area contributed by atoms with Crippen molar-refractivity contribution in [1.29, 1.82) is 0 Å². The van der Waals surface area contributed by atoms with E-state index in [4.69, 9.17) is 0 Å². The van der Waals surface area contributed by atoms with Gasteiger partial charge in [0.25, 0.3) is 0 Å². The molecule has 0 aromatic carbocycles. The predicted octanol–water partition coefficient (Wildman–Crippen LogP) is 4.26. The number of allylic oxidation sites excluding steroid dienone is 1. The molecule has 18 heavy (non-hydrogen) atoms. The van der Waals surface area contributed by atoms with E-state index in [1.165, 1.54) is 24.8 Å². The van der Waals surface area contributed by atoms with Gasteiger partial charge in [0.15, 0.2) is 0 Å². The van der Waals surface area contributed by atoms with Gasteiger partial charge in [-0.3, -0.25) is 4.79 Å². The zero-order valence-corrected chi connectivity index (χ0v) is 12.0. The highest BCUT2D eigenvalue weighted by Crippen LogP contribution is 2.62. The van der Waals surface area contributed by atoms with Gasteiger partial charge in [-0.05, 0) is 54.8 Å². The van der Waals surface area contributed by atoms with Gasteiger partial charge in [-0.2, -0.15) is 0 Å². The minimum Gasteiger partial charge on any atom is -0.481 e. The highest BCUT2D eigenvalue weighted by atomic mass is 16.4. The second kappa shape index (κ2) is 4.40. The third-order valence-electron chi connectivity index (χ3n) is 6.10. The number of hydrogen-bond acceptors (Lipinski definition) is 1. The third-order valence-corrected chi connectivity index (χ3v) is 6.10. The summed E-state index contributed by atoms with van der Waals surface area (Å²) in [6.07, 6.45) is 6.11. The lowest BCUT2D eigenvalue weighted by Gasteiger charge is -2.58. The van der Waals surface area contributed by atoms with E-state index in [0.29, 0.717) is 18.3 Å². The van der Waals surface area contributed by atoms with E-state index in [1.54, 1.807) is 0 Å². The first-order valence-electron chi connectivity index (χ1n) is 7.21. The van der Waals surface area contributed by atoms with Crippen molar-refractivity contribution in [3.05, 3.63) is 12.2 Å². The summed E-state index contributed by atoms with van der Waals surface area (Å²) in [5, 5.41) is 9.27. The summed E-state index contributed by atoms with van der Waals surface area (Å²) in [6, 6.07) is 0. The molecule has 0 amide bonds. The first kappa shape index (κ1) is 13.6. The van der Waals surface area contributed by atoms with Gasteiger partial charge in [-0.15, -0.1) is 0 Å². The lowest BCUT2D eigenvalue weighted by Crippen LogP contribution is -2.51. The molecule has 0 bridgehead atoms. The Kier molecular flexibility index (Phi) is 3.33. The molecule has 0 aromatic rings. The van der Waals surface area contributed by atoms with E-state index in [0.717, 1.165) is 12.8 Å². The molecular weight excluding hydrogens is 224 g/mol. The number of carboxylic acid groups (broad SMARTS) is 1. The average Bonchev–Trinajstić information content (AvgIpc) is 2.27. The van der Waals surface area contributed by atoms with Crippen molar-refractivity contribution in [3.63, 3.8) is 0 Å². The van der Waals surface area contributed by atoms with E-state index in [1.807, 2.05) is 0 Å². The highest BCUT2D eigenvalue weighted by molar-refractivity contribution is 5.68. The first-order chi connectivity index (χ1) is 8.30. The Morgan fingerprint density at radius 1 is 1.44 bits per heavy atom. The van der Waals surface area contributed by atoms with Crippen LogP contribution in [-0.4, -0.2) is 11.1 Å². The molecule has 2 fully saturated rings. The van der Waals surface area contributed by atoms with Crippen LogP contribution in [0.4, 0.5) is 0 Å². The quantitative estimate of drug-likeness (QED) is 0.743. The van der Waals surface area contributed by atoms with Crippen LogP contribution >= 0.6 is 0 Å². The van der Waals surface area contributed by atoms with Crippen LogP contribution in [0.5, 0.6) is 0 Å². The molecule has 2 aliphatic rings. The normalized spacial score (nSPS) is 44.5. The number of carboxylic acids is 1. The SMILES string of the molecule is C=C1CCCC2C1(C)CCC(C)C2(C)CC(=O)O. The summed E-state index contributed by atoms with van der Waals surface area (Å²) in [6.45, 7) is 11.1. The van der Waals surface area contributed by atoms with Gasteiger partial charge in [0, 0.05) is 0 Å². The van der Waals surface area contributed by atoms with Gasteiger partial charge in [0.05, 0.1) is 6.42 Å². The minimum absolute atomic E-state index is 0.0673. The molecule has 0 aromatic heterocycles. The number of aliphatic carboxylic acids is 1. The van der Waals surface area contributed by atoms with Crippen molar-refractivity contribution in [2.24, 2.45) is 22.7 Å². The van der Waals surface area contributed by atoms with E-state index < -0.39 is 5.97 Å². The van der Waals surface area contributed by atoms with Gasteiger partial charge in [0.1, 0.15) is 0 Å². The summed E-state index contributed by atoms with van der Waals surface area (Å²) in [4.78, 5) is 11.3. The molecule has 2 aliphatic carbocycles. The molecule has 0 saturated heterocycles. The van der Waals surface area contributed by atoms with Crippen LogP contribution in [0, 0.1) is 22.7 Å². The first-order valence-corrected chi connectivity index (χ1v) is 7.21. The fourth-order valence-corrected chi connectivity index (χ4v) is 4.59. The second-order valence-corrected chi connectivity index (χ2v) is 6.98. The maximum absolute atomic E-state index is 11.3. The predicted molar refractivity (Wildman–Crippen MR) is 73.3 cm³/mol. The van der Waals surface area contributed by atoms with E-state index in [9.17, 15) is 9.90 Å². The highest BCUT2D eigenvalue weighted by Gasteiger charge is 2.54. The zero-order chi connectivity index (χ0) is 13.6. The Labute approximate surface area is 110 Å². The summed E-state index contributed by atoms with van der Waals surface area (Å²) >= 11 is 0. The summed E-state index contributed by atoms with van der Waals surface area (Å²) in [7, 11) is 0.